The number of carboxylic acid groups (broad SMARTS) is 2. The van der Waals surface area contributed by atoms with Crippen molar-refractivity contribution in [3.63, 3.8) is 0 Å². The maximum absolute atomic E-state index is 12.4. The fraction of sp³-hybridized carbons (Fsp3) is 0.364. The number of hydrogen-bond acceptors (Lipinski definition) is 2. The second-order valence-corrected chi connectivity index (χ2v) is 8.74. The van der Waals surface area contributed by atoms with Crippen molar-refractivity contribution < 1.29 is 19.8 Å². The normalized spacial score (nSPS) is 40.2. The highest BCUT2D eigenvalue weighted by Gasteiger charge is 2.89. The maximum atomic E-state index is 12.4. The van der Waals surface area contributed by atoms with Gasteiger partial charge in [0.15, 0.2) is 0 Å². The summed E-state index contributed by atoms with van der Waals surface area (Å²) in [6.07, 6.45) is 1.75. The molecule has 0 saturated heterocycles. The highest BCUT2D eigenvalue weighted by molar-refractivity contribution is 5.94. The van der Waals surface area contributed by atoms with E-state index in [9.17, 15) is 19.8 Å². The minimum Gasteiger partial charge on any atom is -0.481 e. The second kappa shape index (κ2) is 3.88. The molecule has 4 fully saturated rings. The molecular formula is C22H18O4. The zero-order valence-corrected chi connectivity index (χ0v) is 14.2. The number of carbonyl (C=O) groups is 2. The van der Waals surface area contributed by atoms with Crippen molar-refractivity contribution in [2.75, 3.05) is 0 Å². The van der Waals surface area contributed by atoms with Crippen LogP contribution in [0.3, 0.4) is 0 Å². The van der Waals surface area contributed by atoms with Gasteiger partial charge in [-0.2, -0.15) is 0 Å². The molecule has 4 nitrogen and oxygen atoms in total. The molecule has 0 amide bonds. The highest BCUT2D eigenvalue weighted by Crippen LogP contribution is 2.88. The van der Waals surface area contributed by atoms with E-state index >= 15 is 0 Å². The molecular weight excluding hydrogens is 328 g/mol. The molecule has 5 aliphatic carbocycles. The molecule has 0 atom stereocenters. The molecule has 0 heterocycles. The standard InChI is InChI=1S/C22H18O4/c23-17(24)21-9-19-10-22(21,18(25)26)12-20(19,11-21)16-8-4-2-6-14(16)13-5-1-3-7-15(13)19/h1-8H,9-12H2,(H,23,24)(H,25,26). The van der Waals surface area contributed by atoms with E-state index in [-0.39, 0.29) is 10.8 Å². The predicted molar refractivity (Wildman–Crippen MR) is 93.8 cm³/mol. The van der Waals surface area contributed by atoms with Crippen LogP contribution < -0.4 is 0 Å². The second-order valence-electron chi connectivity index (χ2n) is 8.74. The van der Waals surface area contributed by atoms with Crippen LogP contribution in [0.4, 0.5) is 0 Å². The first-order valence-corrected chi connectivity index (χ1v) is 9.09. The van der Waals surface area contributed by atoms with E-state index in [4.69, 9.17) is 0 Å². The van der Waals surface area contributed by atoms with Gasteiger partial charge >= 0.3 is 11.9 Å². The molecule has 5 aliphatic rings. The van der Waals surface area contributed by atoms with E-state index in [0.29, 0.717) is 25.7 Å². The number of hydrogen-bond donors (Lipinski definition) is 2. The van der Waals surface area contributed by atoms with Gasteiger partial charge in [0, 0.05) is 10.8 Å². The lowest BCUT2D eigenvalue weighted by Crippen LogP contribution is -2.44. The summed E-state index contributed by atoms with van der Waals surface area (Å²) in [6.45, 7) is 0. The van der Waals surface area contributed by atoms with Gasteiger partial charge in [-0.25, -0.2) is 0 Å². The first-order valence-electron chi connectivity index (χ1n) is 9.09. The van der Waals surface area contributed by atoms with Crippen LogP contribution in [0.15, 0.2) is 48.5 Å². The molecule has 2 aromatic rings. The van der Waals surface area contributed by atoms with Crippen molar-refractivity contribution in [1.82, 2.24) is 0 Å². The van der Waals surface area contributed by atoms with E-state index in [1.54, 1.807) is 0 Å². The SMILES string of the molecule is O=C(O)C12CC34CC1(C(=O)O)CC3(C2)c1ccccc1-c1ccccc14. The molecule has 7 rings (SSSR count). The van der Waals surface area contributed by atoms with Gasteiger partial charge in [0.1, 0.15) is 0 Å². The summed E-state index contributed by atoms with van der Waals surface area (Å²) in [5.74, 6) is -1.86. The van der Waals surface area contributed by atoms with Crippen LogP contribution in [-0.4, -0.2) is 22.2 Å². The van der Waals surface area contributed by atoms with Crippen molar-refractivity contribution in [3.05, 3.63) is 59.7 Å². The summed E-state index contributed by atoms with van der Waals surface area (Å²) in [5.41, 5.74) is 1.51. The third-order valence-corrected chi connectivity index (χ3v) is 8.24. The van der Waals surface area contributed by atoms with Crippen LogP contribution >= 0.6 is 0 Å². The van der Waals surface area contributed by atoms with Crippen LogP contribution in [0.2, 0.25) is 0 Å². The van der Waals surface area contributed by atoms with Crippen LogP contribution in [-0.2, 0) is 20.4 Å². The molecule has 2 aromatic carbocycles. The molecule has 2 spiro atoms. The van der Waals surface area contributed by atoms with Gasteiger partial charge in [0.05, 0.1) is 10.8 Å². The Balaban J connectivity index is 1.77. The molecule has 4 heteroatoms. The number of aliphatic carboxylic acids is 2. The fourth-order valence-electron chi connectivity index (χ4n) is 7.54. The molecule has 26 heavy (non-hydrogen) atoms. The lowest BCUT2D eigenvalue weighted by Gasteiger charge is -2.47. The molecule has 130 valence electrons. The quantitative estimate of drug-likeness (QED) is 0.871. The van der Waals surface area contributed by atoms with Gasteiger partial charge in [-0.3, -0.25) is 9.59 Å². The van der Waals surface area contributed by atoms with E-state index in [2.05, 4.69) is 24.3 Å². The molecule has 0 unspecified atom stereocenters. The lowest BCUT2D eigenvalue weighted by molar-refractivity contribution is -0.167. The number of fused-ring (bicyclic) bond motifs is 3. The molecule has 0 aromatic heterocycles. The topological polar surface area (TPSA) is 74.6 Å². The summed E-state index contributed by atoms with van der Waals surface area (Å²) in [7, 11) is 0. The average molecular weight is 346 g/mol. The van der Waals surface area contributed by atoms with E-state index in [1.807, 2.05) is 24.3 Å². The van der Waals surface area contributed by atoms with E-state index in [1.165, 1.54) is 0 Å². The van der Waals surface area contributed by atoms with Crippen LogP contribution in [0.5, 0.6) is 0 Å². The Morgan fingerprint density at radius 1 is 0.654 bits per heavy atom. The smallest absolute Gasteiger partial charge is 0.310 e. The van der Waals surface area contributed by atoms with Crippen LogP contribution in [0, 0.1) is 10.8 Å². The van der Waals surface area contributed by atoms with Gasteiger partial charge in [0.2, 0.25) is 0 Å². The van der Waals surface area contributed by atoms with Crippen molar-refractivity contribution in [2.24, 2.45) is 10.8 Å². The zero-order chi connectivity index (χ0) is 17.9. The Bertz CT molecular complexity index is 938. The van der Waals surface area contributed by atoms with E-state index < -0.39 is 22.8 Å². The minimum absolute atomic E-state index is 0.380. The Labute approximate surface area is 150 Å². The van der Waals surface area contributed by atoms with Gasteiger partial charge in [-0.05, 0) is 47.9 Å². The van der Waals surface area contributed by atoms with Gasteiger partial charge in [-0.15, -0.1) is 0 Å². The summed E-state index contributed by atoms with van der Waals surface area (Å²) >= 11 is 0. The Morgan fingerprint density at radius 2 is 1.00 bits per heavy atom. The molecule has 0 radical (unpaired) electrons. The summed E-state index contributed by atoms with van der Waals surface area (Å²) in [6, 6.07) is 16.4. The largest absolute Gasteiger partial charge is 0.481 e. The van der Waals surface area contributed by atoms with Crippen molar-refractivity contribution in [3.8, 4) is 11.1 Å². The van der Waals surface area contributed by atoms with Crippen LogP contribution in [0.25, 0.3) is 11.1 Å². The van der Waals surface area contributed by atoms with E-state index in [0.717, 1.165) is 22.3 Å². The molecule has 0 aliphatic heterocycles. The monoisotopic (exact) mass is 346 g/mol. The van der Waals surface area contributed by atoms with Crippen molar-refractivity contribution in [2.45, 2.75) is 36.5 Å². The first-order chi connectivity index (χ1) is 12.4. The Morgan fingerprint density at radius 3 is 1.35 bits per heavy atom. The van der Waals surface area contributed by atoms with Gasteiger partial charge in [0.25, 0.3) is 0 Å². The average Bonchev–Trinajstić information content (AvgIpc) is 3.30. The van der Waals surface area contributed by atoms with Crippen molar-refractivity contribution >= 4 is 11.9 Å². The van der Waals surface area contributed by atoms with Crippen molar-refractivity contribution in [1.29, 1.82) is 0 Å². The van der Waals surface area contributed by atoms with Crippen LogP contribution in [0.1, 0.15) is 36.8 Å². The minimum atomic E-state index is -1.16. The maximum Gasteiger partial charge on any atom is 0.310 e. The summed E-state index contributed by atoms with van der Waals surface area (Å²) in [5, 5.41) is 20.3. The highest BCUT2D eigenvalue weighted by atomic mass is 16.4. The number of rotatable bonds is 2. The Hall–Kier alpha value is -2.62. The van der Waals surface area contributed by atoms with Gasteiger partial charge in [-0.1, -0.05) is 48.5 Å². The third-order valence-electron chi connectivity index (χ3n) is 8.24. The number of benzene rings is 2. The molecule has 4 saturated carbocycles. The molecule has 4 bridgehead atoms. The molecule has 2 N–H and O–H groups in total. The Kier molecular flexibility index (Phi) is 2.17. The third kappa shape index (κ3) is 1.11. The lowest BCUT2D eigenvalue weighted by atomic mass is 9.55. The number of carboxylic acids is 2. The summed E-state index contributed by atoms with van der Waals surface area (Å²) in [4.78, 5) is 24.9. The summed E-state index contributed by atoms with van der Waals surface area (Å²) < 4.78 is 0. The predicted octanol–water partition coefficient (Wildman–Crippen LogP) is 3.59. The van der Waals surface area contributed by atoms with Gasteiger partial charge < -0.3 is 10.2 Å². The fourth-order valence-corrected chi connectivity index (χ4v) is 7.54. The zero-order valence-electron chi connectivity index (χ0n) is 14.2. The first kappa shape index (κ1) is 14.5.